The first-order chi connectivity index (χ1) is 7.58. The Morgan fingerprint density at radius 1 is 1.56 bits per heavy atom. The van der Waals surface area contributed by atoms with Gasteiger partial charge in [0.25, 0.3) is 0 Å². The van der Waals surface area contributed by atoms with Gasteiger partial charge in [-0.15, -0.1) is 11.6 Å². The molecule has 0 spiro atoms. The second kappa shape index (κ2) is 4.76. The largest absolute Gasteiger partial charge is 0.352 e. The highest BCUT2D eigenvalue weighted by Crippen LogP contribution is 2.30. The number of aryl methyl sites for hydroxylation is 1. The van der Waals surface area contributed by atoms with Crippen LogP contribution in [0.15, 0.2) is 22.7 Å². The summed E-state index contributed by atoms with van der Waals surface area (Å²) in [6.07, 6.45) is 2.15. The molecule has 1 aliphatic rings. The first-order valence-electron chi connectivity index (χ1n) is 5.28. The molecule has 1 saturated carbocycles. The third-order valence-electron chi connectivity index (χ3n) is 2.58. The minimum Gasteiger partial charge on any atom is -0.352 e. The van der Waals surface area contributed by atoms with Gasteiger partial charge in [0.2, 0.25) is 5.91 Å². The number of carbonyl (C=O) groups is 1. The van der Waals surface area contributed by atoms with Crippen LogP contribution in [0, 0.1) is 6.92 Å². The highest BCUT2D eigenvalue weighted by molar-refractivity contribution is 9.10. The summed E-state index contributed by atoms with van der Waals surface area (Å²) < 4.78 is 0.887. The minimum absolute atomic E-state index is 0.103. The third kappa shape index (κ3) is 2.77. The molecule has 0 aromatic heterocycles. The molecule has 1 fully saturated rings. The maximum absolute atomic E-state index is 11.8. The predicted octanol–water partition coefficient (Wildman–Crippen LogP) is 3.32. The number of benzene rings is 1. The van der Waals surface area contributed by atoms with Crippen LogP contribution in [-0.4, -0.2) is 11.9 Å². The molecule has 0 heterocycles. The van der Waals surface area contributed by atoms with E-state index in [0.717, 1.165) is 28.4 Å². The Labute approximate surface area is 108 Å². The Bertz CT molecular complexity index is 417. The zero-order chi connectivity index (χ0) is 11.7. The number of halogens is 2. The van der Waals surface area contributed by atoms with Crippen LogP contribution >= 0.6 is 27.5 Å². The standard InChI is InChI=1S/C12H13BrClNO/c1-7-2-5-9(10(13)6-7)11(14)12(16)15-8-3-4-8/h2,5-6,8,11H,3-4H2,1H3,(H,15,16). The molecule has 2 nitrogen and oxygen atoms in total. The summed E-state index contributed by atoms with van der Waals surface area (Å²) >= 11 is 9.58. The predicted molar refractivity (Wildman–Crippen MR) is 68.6 cm³/mol. The maximum atomic E-state index is 11.8. The van der Waals surface area contributed by atoms with Crippen LogP contribution in [0.25, 0.3) is 0 Å². The Hall–Kier alpha value is -0.540. The molecule has 0 saturated heterocycles. The van der Waals surface area contributed by atoms with Crippen molar-refractivity contribution in [3.63, 3.8) is 0 Å². The van der Waals surface area contributed by atoms with Crippen molar-refractivity contribution >= 4 is 33.4 Å². The lowest BCUT2D eigenvalue weighted by molar-refractivity contribution is -0.121. The Morgan fingerprint density at radius 3 is 2.81 bits per heavy atom. The van der Waals surface area contributed by atoms with Gasteiger partial charge in [-0.1, -0.05) is 28.1 Å². The van der Waals surface area contributed by atoms with E-state index in [4.69, 9.17) is 11.6 Å². The van der Waals surface area contributed by atoms with E-state index in [2.05, 4.69) is 21.2 Å². The molecule has 4 heteroatoms. The van der Waals surface area contributed by atoms with Crippen LogP contribution in [0.5, 0.6) is 0 Å². The zero-order valence-corrected chi connectivity index (χ0v) is 11.3. The zero-order valence-electron chi connectivity index (χ0n) is 8.97. The second-order valence-electron chi connectivity index (χ2n) is 4.17. The summed E-state index contributed by atoms with van der Waals surface area (Å²) in [5, 5.41) is 2.29. The smallest absolute Gasteiger partial charge is 0.242 e. The summed E-state index contributed by atoms with van der Waals surface area (Å²) in [5.41, 5.74) is 1.97. The average molecular weight is 303 g/mol. The third-order valence-corrected chi connectivity index (χ3v) is 3.70. The van der Waals surface area contributed by atoms with Gasteiger partial charge in [0.05, 0.1) is 0 Å². The minimum atomic E-state index is -0.615. The molecule has 1 unspecified atom stereocenters. The van der Waals surface area contributed by atoms with Crippen molar-refractivity contribution in [3.05, 3.63) is 33.8 Å². The molecular formula is C12H13BrClNO. The number of nitrogens with one attached hydrogen (secondary N) is 1. The van der Waals surface area contributed by atoms with Crippen molar-refractivity contribution in [1.82, 2.24) is 5.32 Å². The first kappa shape index (κ1) is 11.9. The number of alkyl halides is 1. The van der Waals surface area contributed by atoms with Gasteiger partial charge in [-0.3, -0.25) is 4.79 Å². The molecule has 86 valence electrons. The average Bonchev–Trinajstić information content (AvgIpc) is 3.00. The normalized spacial score (nSPS) is 16.9. The summed E-state index contributed by atoms with van der Waals surface area (Å²) in [4.78, 5) is 11.8. The highest BCUT2D eigenvalue weighted by atomic mass is 79.9. The molecular weight excluding hydrogens is 289 g/mol. The fourth-order valence-corrected chi connectivity index (χ4v) is 2.59. The lowest BCUT2D eigenvalue weighted by Crippen LogP contribution is -2.28. The van der Waals surface area contributed by atoms with E-state index in [1.807, 2.05) is 25.1 Å². The van der Waals surface area contributed by atoms with Crippen LogP contribution in [0.2, 0.25) is 0 Å². The van der Waals surface area contributed by atoms with Crippen LogP contribution in [0.4, 0.5) is 0 Å². The van der Waals surface area contributed by atoms with Crippen molar-refractivity contribution in [2.24, 2.45) is 0 Å². The van der Waals surface area contributed by atoms with E-state index in [0.29, 0.717) is 6.04 Å². The fourth-order valence-electron chi connectivity index (χ4n) is 1.48. The van der Waals surface area contributed by atoms with Gasteiger partial charge < -0.3 is 5.32 Å². The Morgan fingerprint density at radius 2 is 2.25 bits per heavy atom. The van der Waals surface area contributed by atoms with Crippen molar-refractivity contribution in [2.75, 3.05) is 0 Å². The lowest BCUT2D eigenvalue weighted by Gasteiger charge is -2.12. The molecule has 1 amide bonds. The molecule has 1 aliphatic carbocycles. The molecule has 0 radical (unpaired) electrons. The van der Waals surface area contributed by atoms with Crippen LogP contribution < -0.4 is 5.32 Å². The van der Waals surface area contributed by atoms with E-state index in [1.54, 1.807) is 0 Å². The molecule has 1 aromatic carbocycles. The van der Waals surface area contributed by atoms with E-state index in [1.165, 1.54) is 0 Å². The van der Waals surface area contributed by atoms with E-state index < -0.39 is 5.38 Å². The highest BCUT2D eigenvalue weighted by Gasteiger charge is 2.27. The van der Waals surface area contributed by atoms with Crippen molar-refractivity contribution in [3.8, 4) is 0 Å². The molecule has 1 aromatic rings. The monoisotopic (exact) mass is 301 g/mol. The van der Waals surface area contributed by atoms with Crippen molar-refractivity contribution in [1.29, 1.82) is 0 Å². The molecule has 0 bridgehead atoms. The topological polar surface area (TPSA) is 29.1 Å². The van der Waals surface area contributed by atoms with E-state index in [-0.39, 0.29) is 5.91 Å². The van der Waals surface area contributed by atoms with Gasteiger partial charge in [-0.2, -0.15) is 0 Å². The fraction of sp³-hybridized carbons (Fsp3) is 0.417. The maximum Gasteiger partial charge on any atom is 0.242 e. The quantitative estimate of drug-likeness (QED) is 0.853. The first-order valence-corrected chi connectivity index (χ1v) is 6.51. The molecule has 2 rings (SSSR count). The summed E-state index contributed by atoms with van der Waals surface area (Å²) in [6, 6.07) is 6.16. The Balaban J connectivity index is 2.12. The van der Waals surface area contributed by atoms with Crippen LogP contribution in [-0.2, 0) is 4.79 Å². The second-order valence-corrected chi connectivity index (χ2v) is 5.46. The van der Waals surface area contributed by atoms with Gasteiger partial charge >= 0.3 is 0 Å². The Kier molecular flexibility index (Phi) is 3.55. The van der Waals surface area contributed by atoms with Gasteiger partial charge in [-0.05, 0) is 37.0 Å². The van der Waals surface area contributed by atoms with E-state index in [9.17, 15) is 4.79 Å². The number of amides is 1. The molecule has 0 aliphatic heterocycles. The number of hydrogen-bond donors (Lipinski definition) is 1. The SMILES string of the molecule is Cc1ccc(C(Cl)C(=O)NC2CC2)c(Br)c1. The van der Waals surface area contributed by atoms with Crippen molar-refractivity contribution in [2.45, 2.75) is 31.2 Å². The van der Waals surface area contributed by atoms with Gasteiger partial charge in [0.15, 0.2) is 0 Å². The molecule has 1 N–H and O–H groups in total. The van der Waals surface area contributed by atoms with Crippen molar-refractivity contribution < 1.29 is 4.79 Å². The number of hydrogen-bond acceptors (Lipinski definition) is 1. The summed E-state index contributed by atoms with van der Waals surface area (Å²) in [5.74, 6) is -0.103. The summed E-state index contributed by atoms with van der Waals surface area (Å²) in [6.45, 7) is 2.00. The van der Waals surface area contributed by atoms with Crippen LogP contribution in [0.3, 0.4) is 0 Å². The lowest BCUT2D eigenvalue weighted by atomic mass is 10.1. The number of rotatable bonds is 3. The molecule has 1 atom stereocenters. The summed E-state index contributed by atoms with van der Waals surface area (Å²) in [7, 11) is 0. The van der Waals surface area contributed by atoms with Gasteiger partial charge in [0.1, 0.15) is 5.38 Å². The van der Waals surface area contributed by atoms with E-state index >= 15 is 0 Å². The molecule has 16 heavy (non-hydrogen) atoms. The van der Waals surface area contributed by atoms with Gasteiger partial charge in [0, 0.05) is 10.5 Å². The van der Waals surface area contributed by atoms with Crippen LogP contribution in [0.1, 0.15) is 29.3 Å². The van der Waals surface area contributed by atoms with Gasteiger partial charge in [-0.25, -0.2) is 0 Å². The number of carbonyl (C=O) groups excluding carboxylic acids is 1.